The molecule has 1 aliphatic carbocycles. The number of halogens is 2. The highest BCUT2D eigenvalue weighted by atomic mass is 35.5. The second kappa shape index (κ2) is 7.00. The van der Waals surface area contributed by atoms with Crippen molar-refractivity contribution < 1.29 is 14.7 Å². The number of rotatable bonds is 3. The van der Waals surface area contributed by atoms with E-state index >= 15 is 0 Å². The molecular weight excluding hydrogens is 315 g/mol. The Morgan fingerprint density at radius 2 is 1.62 bits per heavy atom. The topological polar surface area (TPSA) is 78.4 Å². The van der Waals surface area contributed by atoms with Crippen molar-refractivity contribution in [1.29, 1.82) is 0 Å². The van der Waals surface area contributed by atoms with Gasteiger partial charge in [-0.05, 0) is 43.9 Å². The molecule has 0 aliphatic heterocycles. The van der Waals surface area contributed by atoms with E-state index in [0.717, 1.165) is 0 Å². The first-order valence-corrected chi connectivity index (χ1v) is 7.46. The molecule has 0 heterocycles. The maximum Gasteiger partial charge on any atom is 0.319 e. The predicted molar refractivity (Wildman–Crippen MR) is 82.0 cm³/mol. The van der Waals surface area contributed by atoms with E-state index < -0.39 is 5.97 Å². The summed E-state index contributed by atoms with van der Waals surface area (Å²) in [6.45, 7) is 0. The molecule has 1 aliphatic rings. The van der Waals surface area contributed by atoms with Crippen LogP contribution < -0.4 is 10.6 Å². The average molecular weight is 331 g/mol. The summed E-state index contributed by atoms with van der Waals surface area (Å²) in [4.78, 5) is 22.8. The highest BCUT2D eigenvalue weighted by Crippen LogP contribution is 2.25. The highest BCUT2D eigenvalue weighted by Gasteiger charge is 2.26. The molecule has 0 radical (unpaired) electrons. The largest absolute Gasteiger partial charge is 0.481 e. The molecule has 2 amide bonds. The SMILES string of the molecule is O=C(Nc1cc(Cl)cc(Cl)c1)NC1CCC(C(=O)O)CC1. The lowest BCUT2D eigenvalue weighted by Gasteiger charge is -2.26. The Morgan fingerprint density at radius 3 is 2.14 bits per heavy atom. The van der Waals surface area contributed by atoms with Crippen LogP contribution in [-0.4, -0.2) is 23.1 Å². The van der Waals surface area contributed by atoms with Crippen LogP contribution in [-0.2, 0) is 4.79 Å². The molecule has 0 unspecified atom stereocenters. The summed E-state index contributed by atoms with van der Waals surface area (Å²) in [5.74, 6) is -1.05. The number of hydrogen-bond donors (Lipinski definition) is 3. The molecule has 0 atom stereocenters. The fourth-order valence-electron chi connectivity index (χ4n) is 2.46. The van der Waals surface area contributed by atoms with Gasteiger partial charge in [-0.1, -0.05) is 23.2 Å². The number of aliphatic carboxylic acids is 1. The molecule has 7 heteroatoms. The smallest absolute Gasteiger partial charge is 0.319 e. The molecule has 2 rings (SSSR count). The Hall–Kier alpha value is -1.46. The third-order valence-electron chi connectivity index (χ3n) is 3.53. The lowest BCUT2D eigenvalue weighted by molar-refractivity contribution is -0.142. The van der Waals surface area contributed by atoms with E-state index in [2.05, 4.69) is 10.6 Å². The average Bonchev–Trinajstić information content (AvgIpc) is 2.37. The third-order valence-corrected chi connectivity index (χ3v) is 3.97. The minimum atomic E-state index is -0.758. The van der Waals surface area contributed by atoms with Crippen LogP contribution in [0.15, 0.2) is 18.2 Å². The number of carbonyl (C=O) groups excluding carboxylic acids is 1. The van der Waals surface area contributed by atoms with Crippen LogP contribution >= 0.6 is 23.2 Å². The van der Waals surface area contributed by atoms with Crippen LogP contribution in [0.2, 0.25) is 10.0 Å². The van der Waals surface area contributed by atoms with E-state index in [1.165, 1.54) is 0 Å². The number of hydrogen-bond acceptors (Lipinski definition) is 2. The van der Waals surface area contributed by atoms with Gasteiger partial charge in [0.25, 0.3) is 0 Å². The van der Waals surface area contributed by atoms with Crippen LogP contribution in [0.4, 0.5) is 10.5 Å². The molecule has 0 spiro atoms. The number of carbonyl (C=O) groups is 2. The summed E-state index contributed by atoms with van der Waals surface area (Å²) in [5.41, 5.74) is 0.518. The van der Waals surface area contributed by atoms with Gasteiger partial charge in [0.1, 0.15) is 0 Å². The Labute approximate surface area is 132 Å². The summed E-state index contributed by atoms with van der Waals surface area (Å²) in [6.07, 6.45) is 2.51. The Bertz CT molecular complexity index is 523. The van der Waals surface area contributed by atoms with Crippen LogP contribution in [0.5, 0.6) is 0 Å². The van der Waals surface area contributed by atoms with Crippen molar-refractivity contribution in [3.8, 4) is 0 Å². The van der Waals surface area contributed by atoms with Crippen LogP contribution in [0, 0.1) is 5.92 Å². The highest BCUT2D eigenvalue weighted by molar-refractivity contribution is 6.35. The zero-order valence-corrected chi connectivity index (χ0v) is 12.7. The number of carboxylic acids is 1. The summed E-state index contributed by atoms with van der Waals surface area (Å²) in [7, 11) is 0. The number of nitrogens with one attached hydrogen (secondary N) is 2. The van der Waals surface area contributed by atoms with Crippen molar-refractivity contribution >= 4 is 40.9 Å². The number of carboxylic acid groups (broad SMARTS) is 1. The minimum Gasteiger partial charge on any atom is -0.481 e. The second-order valence-corrected chi connectivity index (χ2v) is 6.02. The number of urea groups is 1. The zero-order chi connectivity index (χ0) is 15.4. The zero-order valence-electron chi connectivity index (χ0n) is 11.2. The number of benzene rings is 1. The lowest BCUT2D eigenvalue weighted by atomic mass is 9.86. The molecule has 3 N–H and O–H groups in total. The van der Waals surface area contributed by atoms with Crippen LogP contribution in [0.1, 0.15) is 25.7 Å². The molecule has 1 fully saturated rings. The molecule has 114 valence electrons. The normalized spacial score (nSPS) is 21.6. The van der Waals surface area contributed by atoms with Gasteiger partial charge in [0.05, 0.1) is 5.92 Å². The monoisotopic (exact) mass is 330 g/mol. The molecule has 0 aromatic heterocycles. The van der Waals surface area contributed by atoms with Gasteiger partial charge < -0.3 is 15.7 Å². The van der Waals surface area contributed by atoms with Gasteiger partial charge in [-0.25, -0.2) is 4.79 Å². The van der Waals surface area contributed by atoms with E-state index in [0.29, 0.717) is 41.4 Å². The molecule has 0 bridgehead atoms. The van der Waals surface area contributed by atoms with Crippen LogP contribution in [0.3, 0.4) is 0 Å². The standard InChI is InChI=1S/C14H16Cl2N2O3/c15-9-5-10(16)7-12(6-9)18-14(21)17-11-3-1-8(2-4-11)13(19)20/h5-8,11H,1-4H2,(H,19,20)(H2,17,18,21). The predicted octanol–water partition coefficient (Wildman–Crippen LogP) is 3.76. The summed E-state index contributed by atoms with van der Waals surface area (Å²) in [5, 5.41) is 15.3. The van der Waals surface area contributed by atoms with Gasteiger partial charge in [0.15, 0.2) is 0 Å². The molecule has 5 nitrogen and oxygen atoms in total. The maximum atomic E-state index is 11.9. The number of amides is 2. The second-order valence-electron chi connectivity index (χ2n) is 5.14. The van der Waals surface area contributed by atoms with Gasteiger partial charge in [-0.3, -0.25) is 4.79 Å². The molecule has 0 saturated heterocycles. The van der Waals surface area contributed by atoms with Crippen molar-refractivity contribution in [1.82, 2.24) is 5.32 Å². The van der Waals surface area contributed by atoms with Crippen molar-refractivity contribution in [2.75, 3.05) is 5.32 Å². The first-order chi connectivity index (χ1) is 9.94. The lowest BCUT2D eigenvalue weighted by Crippen LogP contribution is -2.40. The van der Waals surface area contributed by atoms with E-state index in [1.54, 1.807) is 18.2 Å². The van der Waals surface area contributed by atoms with Crippen molar-refractivity contribution in [3.05, 3.63) is 28.2 Å². The fraction of sp³-hybridized carbons (Fsp3) is 0.429. The minimum absolute atomic E-state index is 0.00439. The Morgan fingerprint density at radius 1 is 1.05 bits per heavy atom. The third kappa shape index (κ3) is 4.79. The quantitative estimate of drug-likeness (QED) is 0.789. The molecule has 1 aromatic carbocycles. The molecular formula is C14H16Cl2N2O3. The maximum absolute atomic E-state index is 11.9. The van der Waals surface area contributed by atoms with Gasteiger partial charge in [0.2, 0.25) is 0 Å². The fourth-order valence-corrected chi connectivity index (χ4v) is 2.99. The van der Waals surface area contributed by atoms with Crippen molar-refractivity contribution in [3.63, 3.8) is 0 Å². The Balaban J connectivity index is 1.84. The number of anilines is 1. The van der Waals surface area contributed by atoms with Crippen molar-refractivity contribution in [2.24, 2.45) is 5.92 Å². The van der Waals surface area contributed by atoms with Gasteiger partial charge in [-0.2, -0.15) is 0 Å². The first kappa shape index (κ1) is 15.9. The summed E-state index contributed by atoms with van der Waals surface area (Å²) < 4.78 is 0. The van der Waals surface area contributed by atoms with Crippen molar-refractivity contribution in [2.45, 2.75) is 31.7 Å². The van der Waals surface area contributed by atoms with Crippen LogP contribution in [0.25, 0.3) is 0 Å². The van der Waals surface area contributed by atoms with Gasteiger partial charge >= 0.3 is 12.0 Å². The van der Waals surface area contributed by atoms with E-state index in [-0.39, 0.29) is 18.0 Å². The van der Waals surface area contributed by atoms with E-state index in [9.17, 15) is 9.59 Å². The van der Waals surface area contributed by atoms with Gasteiger partial charge in [0, 0.05) is 21.8 Å². The summed E-state index contributed by atoms with van der Waals surface area (Å²) in [6, 6.07) is 4.45. The Kier molecular flexibility index (Phi) is 5.31. The summed E-state index contributed by atoms with van der Waals surface area (Å²) >= 11 is 11.7. The van der Waals surface area contributed by atoms with E-state index in [4.69, 9.17) is 28.3 Å². The first-order valence-electron chi connectivity index (χ1n) is 6.70. The van der Waals surface area contributed by atoms with E-state index in [1.807, 2.05) is 0 Å². The molecule has 21 heavy (non-hydrogen) atoms. The van der Waals surface area contributed by atoms with Gasteiger partial charge in [-0.15, -0.1) is 0 Å². The molecule has 1 saturated carbocycles. The molecule has 1 aromatic rings.